The fraction of sp³-hybridized carbons (Fsp3) is 0.500. The number of aryl methyl sites for hydroxylation is 1. The van der Waals surface area contributed by atoms with Crippen LogP contribution in [0.4, 0.5) is 10.9 Å². The number of amides is 1. The topological polar surface area (TPSA) is 71.0 Å². The molecule has 0 aromatic carbocycles. The first kappa shape index (κ1) is 15.9. The second-order valence-electron chi connectivity index (χ2n) is 6.22. The summed E-state index contributed by atoms with van der Waals surface area (Å²) < 4.78 is 0. The molecule has 6 nitrogen and oxygen atoms in total. The molecule has 0 bridgehead atoms. The normalized spacial score (nSPS) is 14.0. The number of nitrogens with one attached hydrogen (secondary N) is 1. The molecule has 0 atom stereocenters. The molecule has 2 aromatic heterocycles. The Morgan fingerprint density at radius 1 is 1.43 bits per heavy atom. The first-order valence-electron chi connectivity index (χ1n) is 7.83. The summed E-state index contributed by atoms with van der Waals surface area (Å²) >= 11 is 1.60. The number of hydrogen-bond donors (Lipinski definition) is 1. The molecular weight excluding hydrogens is 310 g/mol. The molecule has 0 radical (unpaired) electrons. The molecule has 1 N–H and O–H groups in total. The standard InChI is InChI=1S/C16H21N5OS/c1-10(2)6-15(22)21-5-4-12-13(8-21)23-16(19-12)20-14-7-11(3)17-9-18-14/h7,9-10H,4-6,8H2,1-3H3,(H,17,18,19,20). The molecule has 7 heteroatoms. The van der Waals surface area contributed by atoms with Gasteiger partial charge in [-0.15, -0.1) is 0 Å². The minimum absolute atomic E-state index is 0.236. The van der Waals surface area contributed by atoms with Gasteiger partial charge in [0.2, 0.25) is 5.91 Å². The van der Waals surface area contributed by atoms with Crippen LogP contribution < -0.4 is 5.32 Å². The predicted molar refractivity (Wildman–Crippen MR) is 90.7 cm³/mol. The molecule has 23 heavy (non-hydrogen) atoms. The van der Waals surface area contributed by atoms with Crippen molar-refractivity contribution in [2.45, 2.75) is 40.2 Å². The molecule has 3 heterocycles. The summed E-state index contributed by atoms with van der Waals surface area (Å²) in [5.41, 5.74) is 2.01. The van der Waals surface area contributed by atoms with Gasteiger partial charge in [0.05, 0.1) is 12.2 Å². The van der Waals surface area contributed by atoms with Gasteiger partial charge in [0, 0.05) is 36.0 Å². The molecule has 1 amide bonds. The third-order valence-electron chi connectivity index (χ3n) is 3.71. The third-order valence-corrected chi connectivity index (χ3v) is 4.70. The minimum Gasteiger partial charge on any atom is -0.337 e. The molecule has 0 aliphatic carbocycles. The fourth-order valence-corrected chi connectivity index (χ4v) is 3.60. The van der Waals surface area contributed by atoms with Crippen LogP contribution in [0.2, 0.25) is 0 Å². The summed E-state index contributed by atoms with van der Waals surface area (Å²) in [5, 5.41) is 4.06. The van der Waals surface area contributed by atoms with E-state index in [0.717, 1.165) is 35.3 Å². The summed E-state index contributed by atoms with van der Waals surface area (Å²) in [6, 6.07) is 1.89. The summed E-state index contributed by atoms with van der Waals surface area (Å²) in [7, 11) is 0. The van der Waals surface area contributed by atoms with E-state index in [2.05, 4.69) is 34.1 Å². The lowest BCUT2D eigenvalue weighted by Gasteiger charge is -2.26. The van der Waals surface area contributed by atoms with Crippen LogP contribution in [-0.2, 0) is 17.8 Å². The van der Waals surface area contributed by atoms with E-state index in [-0.39, 0.29) is 5.91 Å². The average Bonchev–Trinajstić information content (AvgIpc) is 2.87. The van der Waals surface area contributed by atoms with Crippen molar-refractivity contribution >= 4 is 28.2 Å². The fourth-order valence-electron chi connectivity index (χ4n) is 2.57. The van der Waals surface area contributed by atoms with Crippen LogP contribution in [0.3, 0.4) is 0 Å². The first-order valence-corrected chi connectivity index (χ1v) is 8.65. The van der Waals surface area contributed by atoms with Crippen LogP contribution in [0.1, 0.15) is 36.5 Å². The van der Waals surface area contributed by atoms with E-state index in [9.17, 15) is 4.79 Å². The monoisotopic (exact) mass is 331 g/mol. The Bertz CT molecular complexity index is 712. The molecule has 0 fully saturated rings. The molecule has 1 aliphatic rings. The van der Waals surface area contributed by atoms with Crippen molar-refractivity contribution in [1.29, 1.82) is 0 Å². The van der Waals surface area contributed by atoms with Gasteiger partial charge in [-0.2, -0.15) is 0 Å². The lowest BCUT2D eigenvalue weighted by Crippen LogP contribution is -2.36. The number of carbonyl (C=O) groups excluding carboxylic acids is 1. The number of anilines is 2. The van der Waals surface area contributed by atoms with Crippen LogP contribution in [0.25, 0.3) is 0 Å². The van der Waals surface area contributed by atoms with E-state index in [4.69, 9.17) is 0 Å². The lowest BCUT2D eigenvalue weighted by atomic mass is 10.1. The smallest absolute Gasteiger partial charge is 0.223 e. The number of nitrogens with zero attached hydrogens (tertiary/aromatic N) is 4. The third kappa shape index (κ3) is 3.85. The van der Waals surface area contributed by atoms with Crippen LogP contribution in [0, 0.1) is 12.8 Å². The number of carbonyl (C=O) groups is 1. The zero-order valence-corrected chi connectivity index (χ0v) is 14.5. The van der Waals surface area contributed by atoms with Crippen LogP contribution in [-0.4, -0.2) is 32.3 Å². The van der Waals surface area contributed by atoms with Crippen LogP contribution >= 0.6 is 11.3 Å². The van der Waals surface area contributed by atoms with Crippen molar-refractivity contribution in [3.8, 4) is 0 Å². The van der Waals surface area contributed by atoms with E-state index in [1.807, 2.05) is 17.9 Å². The zero-order chi connectivity index (χ0) is 16.4. The second kappa shape index (κ2) is 6.62. The number of thiazole rings is 1. The number of aromatic nitrogens is 3. The van der Waals surface area contributed by atoms with Crippen molar-refractivity contribution in [1.82, 2.24) is 19.9 Å². The van der Waals surface area contributed by atoms with Gasteiger partial charge in [0.15, 0.2) is 5.13 Å². The van der Waals surface area contributed by atoms with E-state index >= 15 is 0 Å². The Labute approximate surface area is 140 Å². The molecule has 0 unspecified atom stereocenters. The average molecular weight is 331 g/mol. The van der Waals surface area contributed by atoms with Crippen molar-refractivity contribution < 1.29 is 4.79 Å². The van der Waals surface area contributed by atoms with Gasteiger partial charge < -0.3 is 10.2 Å². The van der Waals surface area contributed by atoms with Gasteiger partial charge in [-0.1, -0.05) is 25.2 Å². The maximum absolute atomic E-state index is 12.2. The first-order chi connectivity index (χ1) is 11.0. The van der Waals surface area contributed by atoms with Crippen molar-refractivity contribution in [2.75, 3.05) is 11.9 Å². The Balaban J connectivity index is 1.70. The van der Waals surface area contributed by atoms with Gasteiger partial charge in [0.25, 0.3) is 0 Å². The van der Waals surface area contributed by atoms with E-state index < -0.39 is 0 Å². The lowest BCUT2D eigenvalue weighted by molar-refractivity contribution is -0.132. The molecule has 0 saturated heterocycles. The van der Waals surface area contributed by atoms with Crippen molar-refractivity contribution in [2.24, 2.45) is 5.92 Å². The van der Waals surface area contributed by atoms with Gasteiger partial charge >= 0.3 is 0 Å². The molecule has 0 spiro atoms. The Kier molecular flexibility index (Phi) is 4.56. The number of rotatable bonds is 4. The van der Waals surface area contributed by atoms with Crippen molar-refractivity contribution in [3.63, 3.8) is 0 Å². The molecule has 122 valence electrons. The van der Waals surface area contributed by atoms with Gasteiger partial charge in [-0.25, -0.2) is 15.0 Å². The zero-order valence-electron chi connectivity index (χ0n) is 13.7. The molecule has 0 saturated carbocycles. The Morgan fingerprint density at radius 3 is 3.00 bits per heavy atom. The maximum atomic E-state index is 12.2. The molecule has 1 aliphatic heterocycles. The highest BCUT2D eigenvalue weighted by Crippen LogP contribution is 2.30. The summed E-state index contributed by atoms with van der Waals surface area (Å²) in [4.78, 5) is 28.3. The SMILES string of the molecule is Cc1cc(Nc2nc3c(s2)CN(C(=O)CC(C)C)CC3)ncn1. The number of hydrogen-bond acceptors (Lipinski definition) is 6. The van der Waals surface area contributed by atoms with Gasteiger partial charge in [-0.05, 0) is 12.8 Å². The predicted octanol–water partition coefficient (Wildman–Crippen LogP) is 2.92. The van der Waals surface area contributed by atoms with Gasteiger partial charge in [-0.3, -0.25) is 4.79 Å². The molecule has 2 aromatic rings. The largest absolute Gasteiger partial charge is 0.337 e. The van der Waals surface area contributed by atoms with Crippen LogP contribution in [0.5, 0.6) is 0 Å². The molecule has 3 rings (SSSR count). The highest BCUT2D eigenvalue weighted by molar-refractivity contribution is 7.15. The van der Waals surface area contributed by atoms with E-state index in [0.29, 0.717) is 18.9 Å². The second-order valence-corrected chi connectivity index (χ2v) is 7.31. The molecular formula is C16H21N5OS. The Hall–Kier alpha value is -2.02. The van der Waals surface area contributed by atoms with Crippen molar-refractivity contribution in [3.05, 3.63) is 28.7 Å². The van der Waals surface area contributed by atoms with Gasteiger partial charge in [0.1, 0.15) is 12.1 Å². The minimum atomic E-state index is 0.236. The van der Waals surface area contributed by atoms with E-state index in [1.165, 1.54) is 11.2 Å². The Morgan fingerprint density at radius 2 is 2.26 bits per heavy atom. The van der Waals surface area contributed by atoms with E-state index in [1.54, 1.807) is 11.3 Å². The summed E-state index contributed by atoms with van der Waals surface area (Å²) in [6.07, 6.45) is 2.97. The maximum Gasteiger partial charge on any atom is 0.223 e. The quantitative estimate of drug-likeness (QED) is 0.933. The highest BCUT2D eigenvalue weighted by atomic mass is 32.1. The summed E-state index contributed by atoms with van der Waals surface area (Å²) in [5.74, 6) is 1.37. The highest BCUT2D eigenvalue weighted by Gasteiger charge is 2.24. The summed E-state index contributed by atoms with van der Waals surface area (Å²) in [6.45, 7) is 7.51. The number of fused-ring (bicyclic) bond motifs is 1. The van der Waals surface area contributed by atoms with Crippen LogP contribution in [0.15, 0.2) is 12.4 Å².